The Labute approximate surface area is 87.5 Å². The normalized spacial score (nSPS) is 12.1. The van der Waals surface area contributed by atoms with E-state index >= 15 is 0 Å². The highest BCUT2D eigenvalue weighted by Gasteiger charge is 2.18. The number of carboxylic acids is 1. The van der Waals surface area contributed by atoms with E-state index in [1.54, 1.807) is 24.3 Å². The van der Waals surface area contributed by atoms with Gasteiger partial charge < -0.3 is 9.84 Å². The van der Waals surface area contributed by atoms with Crippen molar-refractivity contribution in [2.45, 2.75) is 12.3 Å². The van der Waals surface area contributed by atoms with Crippen molar-refractivity contribution in [2.24, 2.45) is 0 Å². The molecule has 0 aliphatic carbocycles. The predicted molar refractivity (Wildman–Crippen MR) is 54.0 cm³/mol. The van der Waals surface area contributed by atoms with Gasteiger partial charge in [-0.1, -0.05) is 18.2 Å². The van der Waals surface area contributed by atoms with Crippen LogP contribution < -0.4 is 4.74 Å². The zero-order chi connectivity index (χ0) is 11.3. The number of alkyl halides is 1. The summed E-state index contributed by atoms with van der Waals surface area (Å²) in [5.41, 5.74) is 0.602. The first-order chi connectivity index (χ1) is 7.19. The van der Waals surface area contributed by atoms with Crippen LogP contribution in [0, 0.1) is 0 Å². The minimum absolute atomic E-state index is 0.225. The summed E-state index contributed by atoms with van der Waals surface area (Å²) in [7, 11) is 1.48. The number of methoxy groups -OCH3 is 1. The molecule has 0 heterocycles. The van der Waals surface area contributed by atoms with Gasteiger partial charge in [0, 0.05) is 11.5 Å². The van der Waals surface area contributed by atoms with E-state index in [9.17, 15) is 9.18 Å². The molecular formula is C11H13FO3. The quantitative estimate of drug-likeness (QED) is 0.814. The molecule has 0 amide bonds. The molecule has 3 nitrogen and oxygen atoms in total. The van der Waals surface area contributed by atoms with Crippen molar-refractivity contribution in [1.29, 1.82) is 0 Å². The van der Waals surface area contributed by atoms with E-state index in [4.69, 9.17) is 9.84 Å². The lowest BCUT2D eigenvalue weighted by Crippen LogP contribution is -2.09. The van der Waals surface area contributed by atoms with Gasteiger partial charge in [-0.3, -0.25) is 9.18 Å². The molecule has 15 heavy (non-hydrogen) atoms. The Bertz CT molecular complexity index is 338. The summed E-state index contributed by atoms with van der Waals surface area (Å²) in [5, 5.41) is 8.63. The molecule has 0 fully saturated rings. The lowest BCUT2D eigenvalue weighted by atomic mass is 9.96. The number of para-hydroxylation sites is 1. The molecule has 1 unspecified atom stereocenters. The topological polar surface area (TPSA) is 46.5 Å². The molecule has 0 bridgehead atoms. The Balaban J connectivity index is 2.95. The fourth-order valence-corrected chi connectivity index (χ4v) is 1.46. The first-order valence-electron chi connectivity index (χ1n) is 4.59. The van der Waals surface area contributed by atoms with Crippen molar-refractivity contribution in [1.82, 2.24) is 0 Å². The molecule has 0 spiro atoms. The molecule has 4 heteroatoms. The van der Waals surface area contributed by atoms with Crippen LogP contribution in [0.4, 0.5) is 4.39 Å². The zero-order valence-electron chi connectivity index (χ0n) is 8.44. The zero-order valence-corrected chi connectivity index (χ0v) is 8.44. The molecule has 82 valence electrons. The Morgan fingerprint density at radius 2 is 2.20 bits per heavy atom. The maximum Gasteiger partial charge on any atom is 0.304 e. The Morgan fingerprint density at radius 3 is 2.73 bits per heavy atom. The van der Waals surface area contributed by atoms with Crippen molar-refractivity contribution < 1.29 is 19.0 Å². The number of halogens is 1. The summed E-state index contributed by atoms with van der Waals surface area (Å²) in [4.78, 5) is 10.5. The summed E-state index contributed by atoms with van der Waals surface area (Å²) < 4.78 is 17.8. The lowest BCUT2D eigenvalue weighted by molar-refractivity contribution is -0.137. The van der Waals surface area contributed by atoms with Gasteiger partial charge in [-0.25, -0.2) is 0 Å². The molecule has 1 rings (SSSR count). The average molecular weight is 212 g/mol. The van der Waals surface area contributed by atoms with E-state index in [0.717, 1.165) is 0 Å². The van der Waals surface area contributed by atoms with E-state index in [2.05, 4.69) is 0 Å². The van der Waals surface area contributed by atoms with Crippen LogP contribution in [0.2, 0.25) is 0 Å². The molecule has 0 saturated heterocycles. The third kappa shape index (κ3) is 2.94. The van der Waals surface area contributed by atoms with Crippen LogP contribution in [-0.4, -0.2) is 24.9 Å². The summed E-state index contributed by atoms with van der Waals surface area (Å²) >= 11 is 0. The van der Waals surface area contributed by atoms with E-state index in [-0.39, 0.29) is 6.42 Å². The minimum atomic E-state index is -1.01. The van der Waals surface area contributed by atoms with E-state index in [1.165, 1.54) is 7.11 Å². The van der Waals surface area contributed by atoms with Crippen molar-refractivity contribution in [3.05, 3.63) is 29.8 Å². The second-order valence-corrected chi connectivity index (χ2v) is 3.19. The number of rotatable bonds is 5. The SMILES string of the molecule is COc1ccccc1C(CF)CC(=O)O. The predicted octanol–water partition coefficient (Wildman–Crippen LogP) is 2.22. The fourth-order valence-electron chi connectivity index (χ4n) is 1.46. The molecule has 0 saturated carbocycles. The second kappa shape index (κ2) is 5.34. The number of carbonyl (C=O) groups is 1. The number of hydrogen-bond acceptors (Lipinski definition) is 2. The van der Waals surface area contributed by atoms with Gasteiger partial charge in [0.05, 0.1) is 20.2 Å². The van der Waals surface area contributed by atoms with Crippen molar-refractivity contribution >= 4 is 5.97 Å². The van der Waals surface area contributed by atoms with E-state index in [0.29, 0.717) is 11.3 Å². The van der Waals surface area contributed by atoms with Crippen molar-refractivity contribution in [2.75, 3.05) is 13.8 Å². The van der Waals surface area contributed by atoms with Gasteiger partial charge in [0.2, 0.25) is 0 Å². The number of carboxylic acid groups (broad SMARTS) is 1. The Hall–Kier alpha value is -1.58. The summed E-state index contributed by atoms with van der Waals surface area (Å²) in [6.07, 6.45) is -0.225. The highest BCUT2D eigenvalue weighted by Crippen LogP contribution is 2.29. The molecule has 1 atom stereocenters. The van der Waals surface area contributed by atoms with Crippen LogP contribution in [-0.2, 0) is 4.79 Å². The molecule has 1 aromatic rings. The van der Waals surface area contributed by atoms with E-state index in [1.807, 2.05) is 0 Å². The van der Waals surface area contributed by atoms with Crippen LogP contribution in [0.5, 0.6) is 5.75 Å². The molecule has 0 aliphatic rings. The Kier molecular flexibility index (Phi) is 4.09. The number of aliphatic carboxylic acids is 1. The monoisotopic (exact) mass is 212 g/mol. The maximum absolute atomic E-state index is 12.7. The molecule has 0 radical (unpaired) electrons. The summed E-state index contributed by atoms with van der Waals surface area (Å²) in [5.74, 6) is -1.12. The van der Waals surface area contributed by atoms with Crippen LogP contribution in [0.15, 0.2) is 24.3 Å². The van der Waals surface area contributed by atoms with E-state index < -0.39 is 18.6 Å². The smallest absolute Gasteiger partial charge is 0.304 e. The highest BCUT2D eigenvalue weighted by molar-refractivity contribution is 5.68. The minimum Gasteiger partial charge on any atom is -0.496 e. The Morgan fingerprint density at radius 1 is 1.53 bits per heavy atom. The maximum atomic E-state index is 12.7. The molecule has 0 aliphatic heterocycles. The van der Waals surface area contributed by atoms with Gasteiger partial charge in [-0.15, -0.1) is 0 Å². The summed E-state index contributed by atoms with van der Waals surface area (Å²) in [6.45, 7) is -0.702. The van der Waals surface area contributed by atoms with Crippen LogP contribution >= 0.6 is 0 Å². The van der Waals surface area contributed by atoms with Gasteiger partial charge >= 0.3 is 5.97 Å². The first kappa shape index (κ1) is 11.5. The third-order valence-electron chi connectivity index (χ3n) is 2.19. The number of ether oxygens (including phenoxy) is 1. The summed E-state index contributed by atoms with van der Waals surface area (Å²) in [6, 6.07) is 6.88. The molecule has 0 aromatic heterocycles. The lowest BCUT2D eigenvalue weighted by Gasteiger charge is -2.14. The molecule has 1 N–H and O–H groups in total. The number of benzene rings is 1. The van der Waals surface area contributed by atoms with Gasteiger partial charge in [0.1, 0.15) is 5.75 Å². The van der Waals surface area contributed by atoms with Crippen molar-refractivity contribution in [3.8, 4) is 5.75 Å². The van der Waals surface area contributed by atoms with Gasteiger partial charge in [-0.05, 0) is 6.07 Å². The third-order valence-corrected chi connectivity index (χ3v) is 2.19. The highest BCUT2D eigenvalue weighted by atomic mass is 19.1. The van der Waals surface area contributed by atoms with Crippen LogP contribution in [0.25, 0.3) is 0 Å². The van der Waals surface area contributed by atoms with Gasteiger partial charge in [0.15, 0.2) is 0 Å². The first-order valence-corrected chi connectivity index (χ1v) is 4.59. The van der Waals surface area contributed by atoms with Gasteiger partial charge in [0.25, 0.3) is 0 Å². The van der Waals surface area contributed by atoms with Crippen LogP contribution in [0.1, 0.15) is 17.9 Å². The average Bonchev–Trinajstić information content (AvgIpc) is 2.25. The fraction of sp³-hybridized carbons (Fsp3) is 0.364. The van der Waals surface area contributed by atoms with Gasteiger partial charge in [-0.2, -0.15) is 0 Å². The second-order valence-electron chi connectivity index (χ2n) is 3.19. The van der Waals surface area contributed by atoms with Crippen LogP contribution in [0.3, 0.4) is 0 Å². The standard InChI is InChI=1S/C11H13FO3/c1-15-10-5-3-2-4-9(10)8(7-12)6-11(13)14/h2-5,8H,6-7H2,1H3,(H,13,14). The largest absolute Gasteiger partial charge is 0.496 e. The molecule has 1 aromatic carbocycles. The molecular weight excluding hydrogens is 199 g/mol. The van der Waals surface area contributed by atoms with Crippen molar-refractivity contribution in [3.63, 3.8) is 0 Å². The number of hydrogen-bond donors (Lipinski definition) is 1.